The molecule has 0 radical (unpaired) electrons. The van der Waals surface area contributed by atoms with Crippen LogP contribution in [0, 0.1) is 5.82 Å². The summed E-state index contributed by atoms with van der Waals surface area (Å²) in [6.45, 7) is 4.03. The van der Waals surface area contributed by atoms with Crippen molar-refractivity contribution in [1.29, 1.82) is 0 Å². The lowest BCUT2D eigenvalue weighted by Gasteiger charge is -2.36. The number of piperazine rings is 1. The van der Waals surface area contributed by atoms with E-state index in [9.17, 15) is 9.18 Å². The second-order valence-electron chi connectivity index (χ2n) is 6.20. The molecule has 1 heterocycles. The summed E-state index contributed by atoms with van der Waals surface area (Å²) in [6, 6.07) is 9.95. The van der Waals surface area contributed by atoms with E-state index in [0.717, 1.165) is 37.4 Å². The first-order chi connectivity index (χ1) is 12.5. The predicted molar refractivity (Wildman–Crippen MR) is 98.9 cm³/mol. The molecule has 1 aliphatic rings. The van der Waals surface area contributed by atoms with E-state index in [1.807, 2.05) is 0 Å². The van der Waals surface area contributed by atoms with Crippen molar-refractivity contribution in [2.24, 2.45) is 0 Å². The average Bonchev–Trinajstić information content (AvgIpc) is 2.62. The van der Waals surface area contributed by atoms with E-state index in [4.69, 9.17) is 21.4 Å². The lowest BCUT2D eigenvalue weighted by molar-refractivity contribution is 0.0697. The molecule has 2 aromatic rings. The SMILES string of the molecule is COc1cc(N2CCN(Cc3ccc(C(=O)O)c(Cl)c3)CC2)ccc1F. The fraction of sp³-hybridized carbons (Fsp3) is 0.316. The molecule has 0 saturated carbocycles. The molecule has 1 aliphatic heterocycles. The zero-order valence-electron chi connectivity index (χ0n) is 14.4. The van der Waals surface area contributed by atoms with Gasteiger partial charge in [0.05, 0.1) is 17.7 Å². The highest BCUT2D eigenvalue weighted by Crippen LogP contribution is 2.26. The maximum Gasteiger partial charge on any atom is 0.337 e. The van der Waals surface area contributed by atoms with Crippen molar-refractivity contribution in [3.8, 4) is 5.75 Å². The van der Waals surface area contributed by atoms with Gasteiger partial charge in [0.1, 0.15) is 0 Å². The summed E-state index contributed by atoms with van der Waals surface area (Å²) in [6.07, 6.45) is 0. The molecule has 0 bridgehead atoms. The minimum atomic E-state index is -1.02. The second-order valence-corrected chi connectivity index (χ2v) is 6.61. The summed E-state index contributed by atoms with van der Waals surface area (Å²) >= 11 is 6.04. The van der Waals surface area contributed by atoms with Crippen LogP contribution in [0.5, 0.6) is 5.75 Å². The van der Waals surface area contributed by atoms with Gasteiger partial charge in [-0.15, -0.1) is 0 Å². The van der Waals surface area contributed by atoms with Crippen molar-refractivity contribution in [1.82, 2.24) is 4.90 Å². The van der Waals surface area contributed by atoms with Gasteiger partial charge in [-0.1, -0.05) is 17.7 Å². The van der Waals surface area contributed by atoms with Crippen LogP contribution < -0.4 is 9.64 Å². The number of carboxylic acid groups (broad SMARTS) is 1. The van der Waals surface area contributed by atoms with Crippen molar-refractivity contribution in [2.45, 2.75) is 6.54 Å². The molecule has 0 aliphatic carbocycles. The van der Waals surface area contributed by atoms with Gasteiger partial charge in [0.25, 0.3) is 0 Å². The molecule has 0 amide bonds. The predicted octanol–water partition coefficient (Wildman–Crippen LogP) is 3.51. The van der Waals surface area contributed by atoms with Gasteiger partial charge in [-0.25, -0.2) is 9.18 Å². The average molecular weight is 379 g/mol. The van der Waals surface area contributed by atoms with Crippen molar-refractivity contribution >= 4 is 23.3 Å². The Morgan fingerprint density at radius 3 is 2.54 bits per heavy atom. The monoisotopic (exact) mass is 378 g/mol. The molecule has 2 aromatic carbocycles. The van der Waals surface area contributed by atoms with Crippen LogP contribution in [0.25, 0.3) is 0 Å². The van der Waals surface area contributed by atoms with Crippen LogP contribution >= 0.6 is 11.6 Å². The first-order valence-electron chi connectivity index (χ1n) is 8.30. The van der Waals surface area contributed by atoms with Crippen molar-refractivity contribution < 1.29 is 19.0 Å². The topological polar surface area (TPSA) is 53.0 Å². The summed E-state index contributed by atoms with van der Waals surface area (Å²) < 4.78 is 18.6. The third-order valence-corrected chi connectivity index (χ3v) is 4.85. The molecule has 0 aromatic heterocycles. The number of benzene rings is 2. The zero-order chi connectivity index (χ0) is 18.7. The van der Waals surface area contributed by atoms with E-state index < -0.39 is 5.97 Å². The summed E-state index contributed by atoms with van der Waals surface area (Å²) in [5, 5.41) is 9.29. The standard InChI is InChI=1S/C19H20ClFN2O3/c1-26-18-11-14(3-5-17(18)21)23-8-6-22(7-9-23)12-13-2-4-15(19(24)25)16(20)10-13/h2-5,10-11H,6-9,12H2,1H3,(H,24,25). The first-order valence-corrected chi connectivity index (χ1v) is 8.68. The van der Waals surface area contributed by atoms with Gasteiger partial charge in [0, 0.05) is 44.5 Å². The number of anilines is 1. The number of carbonyl (C=O) groups is 1. The Labute approximate surface area is 156 Å². The summed E-state index contributed by atoms with van der Waals surface area (Å²) in [4.78, 5) is 15.5. The fourth-order valence-corrected chi connectivity index (χ4v) is 3.38. The lowest BCUT2D eigenvalue weighted by Crippen LogP contribution is -2.46. The van der Waals surface area contributed by atoms with Crippen LogP contribution in [-0.2, 0) is 6.54 Å². The fourth-order valence-electron chi connectivity index (χ4n) is 3.10. The van der Waals surface area contributed by atoms with E-state index in [1.54, 1.807) is 30.3 Å². The van der Waals surface area contributed by atoms with E-state index in [-0.39, 0.29) is 22.2 Å². The second kappa shape index (κ2) is 7.93. The molecular formula is C19H20ClFN2O3. The summed E-state index contributed by atoms with van der Waals surface area (Å²) in [5.41, 5.74) is 2.04. The lowest BCUT2D eigenvalue weighted by atomic mass is 10.1. The van der Waals surface area contributed by atoms with Crippen molar-refractivity contribution in [3.05, 3.63) is 58.4 Å². The highest BCUT2D eigenvalue weighted by molar-refractivity contribution is 6.33. The van der Waals surface area contributed by atoms with Gasteiger partial charge in [-0.3, -0.25) is 4.90 Å². The highest BCUT2D eigenvalue weighted by atomic mass is 35.5. The maximum atomic E-state index is 13.6. The van der Waals surface area contributed by atoms with E-state index in [2.05, 4.69) is 9.80 Å². The first kappa shape index (κ1) is 18.5. The van der Waals surface area contributed by atoms with Gasteiger partial charge in [0.15, 0.2) is 11.6 Å². The molecular weight excluding hydrogens is 359 g/mol. The molecule has 0 spiro atoms. The molecule has 1 saturated heterocycles. The highest BCUT2D eigenvalue weighted by Gasteiger charge is 2.19. The largest absolute Gasteiger partial charge is 0.494 e. The molecule has 3 rings (SSSR count). The maximum absolute atomic E-state index is 13.6. The number of rotatable bonds is 5. The number of aromatic carboxylic acids is 1. The number of nitrogens with zero attached hydrogens (tertiary/aromatic N) is 2. The third-order valence-electron chi connectivity index (χ3n) is 4.54. The van der Waals surface area contributed by atoms with Crippen LogP contribution in [0.4, 0.5) is 10.1 Å². The van der Waals surface area contributed by atoms with Gasteiger partial charge < -0.3 is 14.7 Å². The number of carboxylic acids is 1. The molecule has 138 valence electrons. The van der Waals surface area contributed by atoms with E-state index in [0.29, 0.717) is 6.54 Å². The Morgan fingerprint density at radius 2 is 1.92 bits per heavy atom. The quantitative estimate of drug-likeness (QED) is 0.862. The zero-order valence-corrected chi connectivity index (χ0v) is 15.2. The number of hydrogen-bond acceptors (Lipinski definition) is 4. The van der Waals surface area contributed by atoms with Gasteiger partial charge >= 0.3 is 5.97 Å². The Kier molecular flexibility index (Phi) is 5.64. The van der Waals surface area contributed by atoms with Crippen LogP contribution in [0.3, 0.4) is 0 Å². The van der Waals surface area contributed by atoms with Gasteiger partial charge in [-0.2, -0.15) is 0 Å². The van der Waals surface area contributed by atoms with Crippen LogP contribution in [0.2, 0.25) is 5.02 Å². The van der Waals surface area contributed by atoms with Crippen molar-refractivity contribution in [2.75, 3.05) is 38.2 Å². The summed E-state index contributed by atoms with van der Waals surface area (Å²) in [5.74, 6) is -1.14. The summed E-state index contributed by atoms with van der Waals surface area (Å²) in [7, 11) is 1.46. The van der Waals surface area contributed by atoms with E-state index >= 15 is 0 Å². The van der Waals surface area contributed by atoms with Crippen LogP contribution in [0.15, 0.2) is 36.4 Å². The van der Waals surface area contributed by atoms with Gasteiger partial charge in [-0.05, 0) is 29.8 Å². The molecule has 0 unspecified atom stereocenters. The molecule has 26 heavy (non-hydrogen) atoms. The molecule has 7 heteroatoms. The third kappa shape index (κ3) is 4.08. The van der Waals surface area contributed by atoms with Crippen LogP contribution in [0.1, 0.15) is 15.9 Å². The Morgan fingerprint density at radius 1 is 1.19 bits per heavy atom. The van der Waals surface area contributed by atoms with Crippen LogP contribution in [-0.4, -0.2) is 49.3 Å². The molecule has 1 fully saturated rings. The Bertz CT molecular complexity index is 807. The Hall–Kier alpha value is -2.31. The molecule has 5 nitrogen and oxygen atoms in total. The minimum absolute atomic E-state index is 0.116. The number of hydrogen-bond donors (Lipinski definition) is 1. The van der Waals surface area contributed by atoms with Gasteiger partial charge in [0.2, 0.25) is 0 Å². The molecule has 1 N–H and O–H groups in total. The number of halogens is 2. The normalized spacial score (nSPS) is 15.1. The smallest absolute Gasteiger partial charge is 0.337 e. The van der Waals surface area contributed by atoms with E-state index in [1.165, 1.54) is 13.2 Å². The van der Waals surface area contributed by atoms with Crippen molar-refractivity contribution in [3.63, 3.8) is 0 Å². The number of ether oxygens (including phenoxy) is 1. The minimum Gasteiger partial charge on any atom is -0.494 e. The molecule has 0 atom stereocenters. The Balaban J connectivity index is 1.60. The number of methoxy groups -OCH3 is 1.